The summed E-state index contributed by atoms with van der Waals surface area (Å²) in [6.07, 6.45) is 3.48. The fourth-order valence-electron chi connectivity index (χ4n) is 4.91. The number of hydrogen-bond donors (Lipinski definition) is 1. The Labute approximate surface area is 207 Å². The Morgan fingerprint density at radius 2 is 1.97 bits per heavy atom. The monoisotopic (exact) mass is 486 g/mol. The normalized spacial score (nSPS) is 17.1. The maximum Gasteiger partial charge on any atom is 0.274 e. The Kier molecular flexibility index (Phi) is 5.64. The first-order valence-electron chi connectivity index (χ1n) is 12.3. The number of aromatic nitrogens is 5. The van der Waals surface area contributed by atoms with Crippen molar-refractivity contribution in [3.8, 4) is 11.8 Å². The number of carbonyl (C=O) groups is 2. The highest BCUT2D eigenvalue weighted by molar-refractivity contribution is 5.92. The van der Waals surface area contributed by atoms with Gasteiger partial charge in [0.25, 0.3) is 11.8 Å². The summed E-state index contributed by atoms with van der Waals surface area (Å²) < 4.78 is 7.74. The van der Waals surface area contributed by atoms with Crippen LogP contribution >= 0.6 is 0 Å². The van der Waals surface area contributed by atoms with Crippen LogP contribution in [-0.2, 0) is 30.7 Å². The molecule has 2 aliphatic heterocycles. The fraction of sp³-hybridized carbons (Fsp3) is 0.440. The van der Waals surface area contributed by atoms with Crippen LogP contribution in [0.2, 0.25) is 0 Å². The van der Waals surface area contributed by atoms with Crippen LogP contribution in [0.1, 0.15) is 57.5 Å². The maximum absolute atomic E-state index is 13.0. The molecule has 0 saturated heterocycles. The molecule has 0 unspecified atom stereocenters. The molecule has 4 heterocycles. The van der Waals surface area contributed by atoms with E-state index in [0.717, 1.165) is 35.5 Å². The minimum Gasteiger partial charge on any atom is -0.483 e. The number of benzene rings is 1. The summed E-state index contributed by atoms with van der Waals surface area (Å²) in [5, 5.41) is 24.5. The van der Waals surface area contributed by atoms with Gasteiger partial charge in [-0.3, -0.25) is 19.4 Å². The van der Waals surface area contributed by atoms with Crippen LogP contribution < -0.4 is 4.74 Å². The van der Waals surface area contributed by atoms with Crippen LogP contribution in [0.15, 0.2) is 24.3 Å². The lowest BCUT2D eigenvalue weighted by Gasteiger charge is -2.24. The Morgan fingerprint density at radius 1 is 1.11 bits per heavy atom. The van der Waals surface area contributed by atoms with E-state index < -0.39 is 0 Å². The van der Waals surface area contributed by atoms with Crippen molar-refractivity contribution in [1.82, 2.24) is 35.0 Å². The summed E-state index contributed by atoms with van der Waals surface area (Å²) in [5.41, 5.74) is 4.78. The van der Waals surface area contributed by atoms with Gasteiger partial charge in [-0.25, -0.2) is 0 Å². The van der Waals surface area contributed by atoms with E-state index in [0.29, 0.717) is 68.5 Å². The van der Waals surface area contributed by atoms with Crippen LogP contribution in [0.3, 0.4) is 0 Å². The first kappa shape index (κ1) is 22.3. The summed E-state index contributed by atoms with van der Waals surface area (Å²) in [7, 11) is 0. The highest BCUT2D eigenvalue weighted by Crippen LogP contribution is 2.44. The second-order valence-electron chi connectivity index (χ2n) is 9.52. The Bertz CT molecular complexity index is 1340. The number of ether oxygens (including phenoxy) is 1. The molecule has 3 aromatic rings. The number of H-pyrrole nitrogens is 1. The zero-order valence-corrected chi connectivity index (χ0v) is 19.8. The highest BCUT2D eigenvalue weighted by Gasteiger charge is 2.29. The predicted octanol–water partition coefficient (Wildman–Crippen LogP) is 1.41. The van der Waals surface area contributed by atoms with Crippen molar-refractivity contribution in [1.29, 1.82) is 5.26 Å². The molecule has 1 aliphatic carbocycles. The molecule has 2 aromatic heterocycles. The number of amides is 2. The molecule has 1 N–H and O–H groups in total. The van der Waals surface area contributed by atoms with E-state index in [4.69, 9.17) is 4.74 Å². The van der Waals surface area contributed by atoms with Gasteiger partial charge in [-0.05, 0) is 48.6 Å². The molecule has 1 aromatic carbocycles. The zero-order chi connectivity index (χ0) is 24.6. The van der Waals surface area contributed by atoms with Gasteiger partial charge in [-0.1, -0.05) is 5.21 Å². The van der Waals surface area contributed by atoms with Gasteiger partial charge in [0.15, 0.2) is 12.3 Å². The molecule has 6 rings (SSSR count). The van der Waals surface area contributed by atoms with Crippen LogP contribution in [0, 0.1) is 11.3 Å². The third kappa shape index (κ3) is 4.30. The van der Waals surface area contributed by atoms with Crippen molar-refractivity contribution in [2.45, 2.75) is 44.7 Å². The van der Waals surface area contributed by atoms with Gasteiger partial charge < -0.3 is 14.5 Å². The van der Waals surface area contributed by atoms with Gasteiger partial charge in [0.05, 0.1) is 30.4 Å². The molecular weight excluding hydrogens is 460 g/mol. The number of fused-ring (bicyclic) bond motifs is 2. The quantitative estimate of drug-likeness (QED) is 0.576. The Hall–Kier alpha value is -4.20. The smallest absolute Gasteiger partial charge is 0.274 e. The molecule has 1 saturated carbocycles. The largest absolute Gasteiger partial charge is 0.483 e. The van der Waals surface area contributed by atoms with Gasteiger partial charge in [-0.2, -0.15) is 10.4 Å². The highest BCUT2D eigenvalue weighted by atomic mass is 16.5. The molecule has 36 heavy (non-hydrogen) atoms. The maximum atomic E-state index is 13.0. The molecule has 11 heteroatoms. The fourth-order valence-corrected chi connectivity index (χ4v) is 4.91. The first-order valence-corrected chi connectivity index (χ1v) is 12.3. The molecule has 3 aliphatic rings. The van der Waals surface area contributed by atoms with Crippen molar-refractivity contribution in [3.63, 3.8) is 0 Å². The Balaban J connectivity index is 1.06. The van der Waals surface area contributed by atoms with Crippen LogP contribution in [-0.4, -0.2) is 73.0 Å². The number of nitriles is 1. The number of nitrogens with one attached hydrogen (secondary N) is 1. The lowest BCUT2D eigenvalue weighted by Crippen LogP contribution is -2.37. The second-order valence-corrected chi connectivity index (χ2v) is 9.52. The lowest BCUT2D eigenvalue weighted by atomic mass is 10.1. The minimum atomic E-state index is -0.112. The average molecular weight is 487 g/mol. The number of hydrogen-bond acceptors (Lipinski definition) is 7. The summed E-state index contributed by atoms with van der Waals surface area (Å²) in [6.45, 7) is 2.54. The minimum absolute atomic E-state index is 0.0450. The van der Waals surface area contributed by atoms with Gasteiger partial charge in [0.2, 0.25) is 0 Å². The zero-order valence-electron chi connectivity index (χ0n) is 19.8. The lowest BCUT2D eigenvalue weighted by molar-refractivity contribution is -0.133. The standard InChI is InChI=1S/C25H26N8O3/c26-13-16-1-4-23(19(11-16)17-2-3-17)36-15-24(34)31-7-5-18-12-21(29-33(18)10-9-31)25(35)32-8-6-20-22(14-32)28-30-27-20/h1,4,11-12,17H,2-3,5-10,14-15H2,(H,27,28,30). The summed E-state index contributed by atoms with van der Waals surface area (Å²) in [6, 6.07) is 9.40. The third-order valence-corrected chi connectivity index (χ3v) is 7.13. The van der Waals surface area contributed by atoms with Gasteiger partial charge >= 0.3 is 0 Å². The van der Waals surface area contributed by atoms with E-state index in [9.17, 15) is 14.9 Å². The third-order valence-electron chi connectivity index (χ3n) is 7.13. The first-order chi connectivity index (χ1) is 17.6. The molecule has 2 amide bonds. The van der Waals surface area contributed by atoms with Crippen molar-refractivity contribution in [3.05, 3.63) is 58.2 Å². The molecule has 0 spiro atoms. The summed E-state index contributed by atoms with van der Waals surface area (Å²) in [4.78, 5) is 29.5. The molecule has 184 valence electrons. The number of aromatic amines is 1. The molecular formula is C25H26N8O3. The second kappa shape index (κ2) is 9.11. The number of nitrogens with zero attached hydrogens (tertiary/aromatic N) is 7. The molecule has 11 nitrogen and oxygen atoms in total. The molecule has 0 atom stereocenters. The predicted molar refractivity (Wildman–Crippen MR) is 126 cm³/mol. The summed E-state index contributed by atoms with van der Waals surface area (Å²) >= 11 is 0. The molecule has 0 radical (unpaired) electrons. The van der Waals surface area contributed by atoms with Crippen molar-refractivity contribution < 1.29 is 14.3 Å². The van der Waals surface area contributed by atoms with E-state index >= 15 is 0 Å². The van der Waals surface area contributed by atoms with Crippen LogP contribution in [0.5, 0.6) is 5.75 Å². The Morgan fingerprint density at radius 3 is 2.81 bits per heavy atom. The van der Waals surface area contributed by atoms with Crippen LogP contribution in [0.25, 0.3) is 0 Å². The van der Waals surface area contributed by atoms with Crippen molar-refractivity contribution in [2.75, 3.05) is 26.2 Å². The molecule has 0 bridgehead atoms. The number of carbonyl (C=O) groups excluding carboxylic acids is 2. The van der Waals surface area contributed by atoms with Crippen LogP contribution in [0.4, 0.5) is 0 Å². The summed E-state index contributed by atoms with van der Waals surface area (Å²) in [5.74, 6) is 0.906. The SMILES string of the molecule is N#Cc1ccc(OCC(=O)N2CCc3cc(C(=O)N4CCc5[nH]nnc5C4)nn3CC2)c(C2CC2)c1. The van der Waals surface area contributed by atoms with Gasteiger partial charge in [-0.15, -0.1) is 5.10 Å². The van der Waals surface area contributed by atoms with E-state index in [1.165, 1.54) is 0 Å². The van der Waals surface area contributed by atoms with Gasteiger partial charge in [0.1, 0.15) is 11.4 Å². The number of rotatable bonds is 5. The topological polar surface area (TPSA) is 133 Å². The molecule has 1 fully saturated rings. The van der Waals surface area contributed by atoms with E-state index in [2.05, 4.69) is 26.6 Å². The van der Waals surface area contributed by atoms with Gasteiger partial charge in [0, 0.05) is 38.2 Å². The van der Waals surface area contributed by atoms with E-state index in [1.54, 1.807) is 21.9 Å². The van der Waals surface area contributed by atoms with Crippen molar-refractivity contribution >= 4 is 11.8 Å². The van der Waals surface area contributed by atoms with E-state index in [1.807, 2.05) is 16.8 Å². The van der Waals surface area contributed by atoms with Crippen molar-refractivity contribution in [2.24, 2.45) is 0 Å². The van der Waals surface area contributed by atoms with E-state index in [-0.39, 0.29) is 18.4 Å². The average Bonchev–Trinajstić information content (AvgIpc) is 3.57.